The van der Waals surface area contributed by atoms with Crippen LogP contribution in [0, 0.1) is 11.3 Å². The van der Waals surface area contributed by atoms with Crippen LogP contribution in [0.25, 0.3) is 10.8 Å². The fourth-order valence-electron chi connectivity index (χ4n) is 2.19. The molecule has 6 heteroatoms. The molecule has 0 aliphatic heterocycles. The van der Waals surface area contributed by atoms with E-state index in [2.05, 4.69) is 5.16 Å². The molecule has 0 saturated carbocycles. The predicted octanol–water partition coefficient (Wildman–Crippen LogP) is 3.47. The quantitative estimate of drug-likeness (QED) is 0.540. The second-order valence-electron chi connectivity index (χ2n) is 4.96. The number of nitriles is 1. The summed E-state index contributed by atoms with van der Waals surface area (Å²) in [6.07, 6.45) is 0. The van der Waals surface area contributed by atoms with Gasteiger partial charge in [-0.1, -0.05) is 65.8 Å². The summed E-state index contributed by atoms with van der Waals surface area (Å²) < 4.78 is 29.3. The van der Waals surface area contributed by atoms with Crippen molar-refractivity contribution in [1.82, 2.24) is 0 Å². The van der Waals surface area contributed by atoms with Crippen LogP contribution in [0.15, 0.2) is 82.8 Å². The van der Waals surface area contributed by atoms with E-state index in [4.69, 9.17) is 9.55 Å². The Bertz CT molecular complexity index is 1050. The Labute approximate surface area is 139 Å². The molecule has 3 aromatic carbocycles. The number of hydrogen-bond acceptors (Lipinski definition) is 5. The second kappa shape index (κ2) is 6.52. The van der Waals surface area contributed by atoms with Crippen LogP contribution in [0.5, 0.6) is 0 Å². The van der Waals surface area contributed by atoms with Crippen LogP contribution in [0.1, 0.15) is 5.56 Å². The van der Waals surface area contributed by atoms with Crippen LogP contribution in [0.3, 0.4) is 0 Å². The van der Waals surface area contributed by atoms with Crippen molar-refractivity contribution in [3.05, 3.63) is 78.4 Å². The van der Waals surface area contributed by atoms with E-state index in [1.54, 1.807) is 36.4 Å². The molecule has 0 atom stereocenters. The van der Waals surface area contributed by atoms with E-state index in [1.165, 1.54) is 12.1 Å². The highest BCUT2D eigenvalue weighted by Crippen LogP contribution is 2.20. The van der Waals surface area contributed by atoms with E-state index >= 15 is 0 Å². The third-order valence-electron chi connectivity index (χ3n) is 3.39. The van der Waals surface area contributed by atoms with Gasteiger partial charge in [0.1, 0.15) is 11.0 Å². The average molecular weight is 336 g/mol. The Kier molecular flexibility index (Phi) is 4.27. The molecule has 3 aromatic rings. The third kappa shape index (κ3) is 3.26. The van der Waals surface area contributed by atoms with Crippen LogP contribution >= 0.6 is 0 Å². The van der Waals surface area contributed by atoms with E-state index < -0.39 is 10.1 Å². The van der Waals surface area contributed by atoms with Gasteiger partial charge >= 0.3 is 10.1 Å². The topological polar surface area (TPSA) is 79.5 Å². The van der Waals surface area contributed by atoms with Crippen LogP contribution in [0.2, 0.25) is 0 Å². The zero-order valence-electron chi connectivity index (χ0n) is 12.5. The van der Waals surface area contributed by atoms with Crippen molar-refractivity contribution in [2.75, 3.05) is 0 Å². The molecule has 0 aliphatic carbocycles. The maximum atomic E-state index is 12.3. The fraction of sp³-hybridized carbons (Fsp3) is 0. The van der Waals surface area contributed by atoms with Crippen LogP contribution in [-0.4, -0.2) is 14.1 Å². The van der Waals surface area contributed by atoms with Gasteiger partial charge in [0.25, 0.3) is 0 Å². The van der Waals surface area contributed by atoms with Crippen molar-refractivity contribution in [2.24, 2.45) is 5.16 Å². The van der Waals surface area contributed by atoms with Gasteiger partial charge in [0, 0.05) is 5.56 Å². The number of rotatable bonds is 4. The molecule has 3 rings (SSSR count). The van der Waals surface area contributed by atoms with Gasteiger partial charge in [-0.15, -0.1) is 0 Å². The summed E-state index contributed by atoms with van der Waals surface area (Å²) in [5.41, 5.74) is 0.369. The smallest absolute Gasteiger partial charge is 0.263 e. The lowest BCUT2D eigenvalue weighted by molar-refractivity contribution is 0.339. The normalized spacial score (nSPS) is 11.9. The van der Waals surface area contributed by atoms with Crippen molar-refractivity contribution in [2.45, 2.75) is 4.90 Å². The molecule has 0 heterocycles. The molecule has 0 N–H and O–H groups in total. The minimum atomic E-state index is -4.10. The first-order valence-electron chi connectivity index (χ1n) is 7.06. The molecule has 5 nitrogen and oxygen atoms in total. The number of oxime groups is 1. The highest BCUT2D eigenvalue weighted by molar-refractivity contribution is 7.86. The number of hydrogen-bond donors (Lipinski definition) is 0. The fourth-order valence-corrected chi connectivity index (χ4v) is 2.95. The van der Waals surface area contributed by atoms with Gasteiger partial charge in [-0.2, -0.15) is 13.7 Å². The van der Waals surface area contributed by atoms with Gasteiger partial charge in [0.15, 0.2) is 5.71 Å². The summed E-state index contributed by atoms with van der Waals surface area (Å²) >= 11 is 0. The Morgan fingerprint density at radius 2 is 1.58 bits per heavy atom. The molecule has 0 fully saturated rings. The van der Waals surface area contributed by atoms with Gasteiger partial charge < -0.3 is 0 Å². The molecule has 24 heavy (non-hydrogen) atoms. The Morgan fingerprint density at radius 3 is 2.29 bits per heavy atom. The Balaban J connectivity index is 1.92. The molecule has 0 saturated heterocycles. The number of benzene rings is 3. The van der Waals surface area contributed by atoms with Gasteiger partial charge in [-0.3, -0.25) is 4.28 Å². The van der Waals surface area contributed by atoms with Gasteiger partial charge in [-0.25, -0.2) is 0 Å². The summed E-state index contributed by atoms with van der Waals surface area (Å²) in [6.45, 7) is 0. The molecular weight excluding hydrogens is 324 g/mol. The van der Waals surface area contributed by atoms with Crippen LogP contribution in [-0.2, 0) is 14.4 Å². The minimum Gasteiger partial charge on any atom is -0.263 e. The standard InChI is InChI=1S/C18H12N2O3S/c19-13-18(15-7-2-1-3-8-15)20-23-24(21,22)17-11-10-14-6-4-5-9-16(14)12-17/h1-12H. The highest BCUT2D eigenvalue weighted by atomic mass is 32.2. The van der Waals surface area contributed by atoms with E-state index in [-0.39, 0.29) is 10.6 Å². The average Bonchev–Trinajstić information content (AvgIpc) is 2.62. The van der Waals surface area contributed by atoms with Crippen LogP contribution < -0.4 is 0 Å². The van der Waals surface area contributed by atoms with Gasteiger partial charge in [-0.05, 0) is 22.9 Å². The SMILES string of the molecule is N#CC(=NOS(=O)(=O)c1ccc2ccccc2c1)c1ccccc1. The third-order valence-corrected chi connectivity index (χ3v) is 4.49. The summed E-state index contributed by atoms with van der Waals surface area (Å²) in [7, 11) is -4.10. The van der Waals surface area contributed by atoms with Gasteiger partial charge in [0.05, 0.1) is 0 Å². The van der Waals surface area contributed by atoms with E-state index in [0.29, 0.717) is 5.56 Å². The zero-order chi connectivity index (χ0) is 17.0. The predicted molar refractivity (Wildman–Crippen MR) is 90.8 cm³/mol. The van der Waals surface area contributed by atoms with Crippen molar-refractivity contribution < 1.29 is 12.7 Å². The lowest BCUT2D eigenvalue weighted by Gasteiger charge is -2.04. The lowest BCUT2D eigenvalue weighted by atomic mass is 10.1. The molecule has 0 aliphatic rings. The van der Waals surface area contributed by atoms with E-state index in [1.807, 2.05) is 30.3 Å². The summed E-state index contributed by atoms with van der Waals surface area (Å²) in [4.78, 5) is -0.0182. The molecule has 0 bridgehead atoms. The molecule has 0 spiro atoms. The Morgan fingerprint density at radius 1 is 0.917 bits per heavy atom. The van der Waals surface area contributed by atoms with Crippen LogP contribution in [0.4, 0.5) is 0 Å². The first-order valence-corrected chi connectivity index (χ1v) is 8.47. The minimum absolute atomic E-state index is 0.0182. The van der Waals surface area contributed by atoms with E-state index in [9.17, 15) is 8.42 Å². The number of nitrogens with zero attached hydrogens (tertiary/aromatic N) is 2. The summed E-state index contributed by atoms with van der Waals surface area (Å²) in [5, 5.41) is 14.3. The van der Waals surface area contributed by atoms with Crippen molar-refractivity contribution in [3.63, 3.8) is 0 Å². The molecular formula is C18H12N2O3S. The van der Waals surface area contributed by atoms with Crippen molar-refractivity contribution in [1.29, 1.82) is 5.26 Å². The first-order chi connectivity index (χ1) is 11.6. The Hall–Kier alpha value is -3.17. The molecule has 118 valence electrons. The maximum absolute atomic E-state index is 12.3. The second-order valence-corrected chi connectivity index (χ2v) is 6.48. The zero-order valence-corrected chi connectivity index (χ0v) is 13.3. The molecule has 0 radical (unpaired) electrons. The lowest BCUT2D eigenvalue weighted by Crippen LogP contribution is -2.06. The van der Waals surface area contributed by atoms with Crippen molar-refractivity contribution in [3.8, 4) is 6.07 Å². The summed E-state index contributed by atoms with van der Waals surface area (Å²) in [5.74, 6) is 0. The van der Waals surface area contributed by atoms with E-state index in [0.717, 1.165) is 10.8 Å². The van der Waals surface area contributed by atoms with Crippen molar-refractivity contribution >= 4 is 26.6 Å². The molecule has 0 amide bonds. The molecule has 0 unspecified atom stereocenters. The first kappa shape index (κ1) is 15.7. The number of fused-ring (bicyclic) bond motifs is 1. The highest BCUT2D eigenvalue weighted by Gasteiger charge is 2.17. The monoisotopic (exact) mass is 336 g/mol. The molecule has 0 aromatic heterocycles. The summed E-state index contributed by atoms with van der Waals surface area (Å²) in [6, 6.07) is 22.4. The maximum Gasteiger partial charge on any atom is 0.358 e. The van der Waals surface area contributed by atoms with Gasteiger partial charge in [0.2, 0.25) is 0 Å². The largest absolute Gasteiger partial charge is 0.358 e.